The van der Waals surface area contributed by atoms with E-state index in [1.54, 1.807) is 14.2 Å². The van der Waals surface area contributed by atoms with Crippen molar-refractivity contribution in [1.82, 2.24) is 10.2 Å². The van der Waals surface area contributed by atoms with Gasteiger partial charge in [-0.2, -0.15) is 0 Å². The molecule has 1 atom stereocenters. The Morgan fingerprint density at radius 3 is 2.42 bits per heavy atom. The van der Waals surface area contributed by atoms with Crippen LogP contribution >= 0.6 is 0 Å². The zero-order valence-electron chi connectivity index (χ0n) is 12.5. The Kier molecular flexibility index (Phi) is 7.48. The number of likely N-dealkylation sites (N-methyl/N-ethyl adjacent to an activating group) is 2. The number of benzene rings is 1. The fourth-order valence-corrected chi connectivity index (χ4v) is 2.15. The molecule has 0 aromatic heterocycles. The predicted octanol–water partition coefficient (Wildman–Crippen LogP) is 1.75. The van der Waals surface area contributed by atoms with Crippen molar-refractivity contribution in [3.8, 4) is 5.75 Å². The van der Waals surface area contributed by atoms with Crippen molar-refractivity contribution in [2.24, 2.45) is 0 Å². The maximum absolute atomic E-state index is 5.23. The smallest absolute Gasteiger partial charge is 0.118 e. The van der Waals surface area contributed by atoms with E-state index < -0.39 is 0 Å². The van der Waals surface area contributed by atoms with Crippen molar-refractivity contribution in [2.45, 2.75) is 19.5 Å². The molecule has 0 aliphatic heterocycles. The van der Waals surface area contributed by atoms with Gasteiger partial charge in [-0.05, 0) is 31.3 Å². The van der Waals surface area contributed by atoms with Crippen molar-refractivity contribution in [3.05, 3.63) is 29.8 Å². The van der Waals surface area contributed by atoms with E-state index in [-0.39, 0.29) is 0 Å². The molecule has 1 rings (SSSR count). The molecular formula is C15H26N2O2. The van der Waals surface area contributed by atoms with Crippen LogP contribution in [0.5, 0.6) is 5.75 Å². The molecule has 0 aliphatic carbocycles. The number of nitrogens with one attached hydrogen (secondary N) is 1. The van der Waals surface area contributed by atoms with Gasteiger partial charge in [-0.15, -0.1) is 0 Å². The molecule has 1 aromatic carbocycles. The van der Waals surface area contributed by atoms with Crippen molar-refractivity contribution in [2.75, 3.05) is 41.0 Å². The lowest BCUT2D eigenvalue weighted by Gasteiger charge is -2.24. The van der Waals surface area contributed by atoms with Gasteiger partial charge in [-0.3, -0.25) is 0 Å². The summed E-state index contributed by atoms with van der Waals surface area (Å²) in [4.78, 5) is 2.30. The Labute approximate surface area is 116 Å². The van der Waals surface area contributed by atoms with Gasteiger partial charge in [-0.1, -0.05) is 19.1 Å². The first-order chi connectivity index (χ1) is 9.19. The Bertz CT molecular complexity index is 335. The van der Waals surface area contributed by atoms with Crippen LogP contribution in [0.4, 0.5) is 0 Å². The van der Waals surface area contributed by atoms with E-state index in [1.165, 1.54) is 5.56 Å². The van der Waals surface area contributed by atoms with Crippen LogP contribution < -0.4 is 10.1 Å². The fourth-order valence-electron chi connectivity index (χ4n) is 2.15. The predicted molar refractivity (Wildman–Crippen MR) is 78.7 cm³/mol. The van der Waals surface area contributed by atoms with Crippen molar-refractivity contribution in [1.29, 1.82) is 0 Å². The van der Waals surface area contributed by atoms with Crippen LogP contribution in [0.2, 0.25) is 0 Å². The van der Waals surface area contributed by atoms with Gasteiger partial charge in [0, 0.05) is 26.2 Å². The van der Waals surface area contributed by atoms with Gasteiger partial charge in [0.05, 0.1) is 13.7 Å². The van der Waals surface area contributed by atoms with Crippen LogP contribution in [0.3, 0.4) is 0 Å². The largest absolute Gasteiger partial charge is 0.497 e. The summed E-state index contributed by atoms with van der Waals surface area (Å²) in [5.41, 5.74) is 1.29. The second-order valence-corrected chi connectivity index (χ2v) is 4.75. The lowest BCUT2D eigenvalue weighted by molar-refractivity contribution is 0.145. The first-order valence-electron chi connectivity index (χ1n) is 6.73. The highest BCUT2D eigenvalue weighted by Gasteiger charge is 2.10. The molecule has 1 unspecified atom stereocenters. The summed E-state index contributed by atoms with van der Waals surface area (Å²) in [5, 5.41) is 3.43. The Balaban J connectivity index is 2.45. The molecule has 0 aliphatic rings. The number of methoxy groups -OCH3 is 2. The SMILES string of the molecule is CCNC(COC)CN(C)Cc1ccc(OC)cc1. The quantitative estimate of drug-likeness (QED) is 0.738. The summed E-state index contributed by atoms with van der Waals surface area (Å²) in [6.45, 7) is 5.71. The van der Waals surface area contributed by atoms with Crippen molar-refractivity contribution < 1.29 is 9.47 Å². The van der Waals surface area contributed by atoms with E-state index in [1.807, 2.05) is 12.1 Å². The minimum atomic E-state index is 0.373. The van der Waals surface area contributed by atoms with Crippen LogP contribution in [0, 0.1) is 0 Å². The minimum absolute atomic E-state index is 0.373. The highest BCUT2D eigenvalue weighted by Crippen LogP contribution is 2.12. The molecule has 0 spiro atoms. The zero-order valence-corrected chi connectivity index (χ0v) is 12.5. The highest BCUT2D eigenvalue weighted by molar-refractivity contribution is 5.27. The fraction of sp³-hybridized carbons (Fsp3) is 0.600. The normalized spacial score (nSPS) is 12.7. The van der Waals surface area contributed by atoms with Gasteiger partial charge >= 0.3 is 0 Å². The number of nitrogens with zero attached hydrogens (tertiary/aromatic N) is 1. The Morgan fingerprint density at radius 1 is 1.21 bits per heavy atom. The maximum atomic E-state index is 5.23. The van der Waals surface area contributed by atoms with Crippen LogP contribution in [-0.4, -0.2) is 51.9 Å². The first kappa shape index (κ1) is 16.0. The number of hydrogen-bond donors (Lipinski definition) is 1. The third-order valence-electron chi connectivity index (χ3n) is 3.00. The molecule has 4 nitrogen and oxygen atoms in total. The maximum Gasteiger partial charge on any atom is 0.118 e. The number of rotatable bonds is 9. The third-order valence-corrected chi connectivity index (χ3v) is 3.00. The van der Waals surface area contributed by atoms with E-state index in [4.69, 9.17) is 9.47 Å². The van der Waals surface area contributed by atoms with Crippen LogP contribution in [0.15, 0.2) is 24.3 Å². The third kappa shape index (κ3) is 6.05. The average Bonchev–Trinajstić information content (AvgIpc) is 2.40. The highest BCUT2D eigenvalue weighted by atomic mass is 16.5. The van der Waals surface area contributed by atoms with Crippen LogP contribution in [-0.2, 0) is 11.3 Å². The van der Waals surface area contributed by atoms with E-state index in [2.05, 4.69) is 36.3 Å². The van der Waals surface area contributed by atoms with Crippen molar-refractivity contribution in [3.63, 3.8) is 0 Å². The molecule has 1 N–H and O–H groups in total. The summed E-state index contributed by atoms with van der Waals surface area (Å²) in [6.07, 6.45) is 0. The van der Waals surface area contributed by atoms with Gasteiger partial charge in [0.25, 0.3) is 0 Å². The standard InChI is InChI=1S/C15H26N2O2/c1-5-16-14(12-18-3)11-17(2)10-13-6-8-15(19-4)9-7-13/h6-9,14,16H,5,10-12H2,1-4H3. The topological polar surface area (TPSA) is 33.7 Å². The molecule has 19 heavy (non-hydrogen) atoms. The molecule has 4 heteroatoms. The van der Waals surface area contributed by atoms with Crippen LogP contribution in [0.1, 0.15) is 12.5 Å². The molecule has 0 fully saturated rings. The number of hydrogen-bond acceptors (Lipinski definition) is 4. The second-order valence-electron chi connectivity index (χ2n) is 4.75. The molecule has 0 saturated heterocycles. The summed E-state index contributed by atoms with van der Waals surface area (Å²) < 4.78 is 10.4. The van der Waals surface area contributed by atoms with Crippen molar-refractivity contribution >= 4 is 0 Å². The molecule has 0 bridgehead atoms. The molecule has 0 heterocycles. The van der Waals surface area contributed by atoms with Gasteiger partial charge in [0.1, 0.15) is 5.75 Å². The molecule has 0 amide bonds. The summed E-state index contributed by atoms with van der Waals surface area (Å²) in [6, 6.07) is 8.58. The Hall–Kier alpha value is -1.10. The first-order valence-corrected chi connectivity index (χ1v) is 6.73. The van der Waals surface area contributed by atoms with Gasteiger partial charge in [0.15, 0.2) is 0 Å². The Morgan fingerprint density at radius 2 is 1.89 bits per heavy atom. The summed E-state index contributed by atoms with van der Waals surface area (Å²) in [7, 11) is 5.56. The molecular weight excluding hydrogens is 240 g/mol. The van der Waals surface area contributed by atoms with Gasteiger partial charge in [0.2, 0.25) is 0 Å². The summed E-state index contributed by atoms with van der Waals surface area (Å²) >= 11 is 0. The lowest BCUT2D eigenvalue weighted by atomic mass is 10.2. The molecule has 108 valence electrons. The monoisotopic (exact) mass is 266 g/mol. The second kappa shape index (κ2) is 8.91. The van der Waals surface area contributed by atoms with E-state index in [0.717, 1.165) is 32.0 Å². The van der Waals surface area contributed by atoms with E-state index in [0.29, 0.717) is 6.04 Å². The van der Waals surface area contributed by atoms with E-state index >= 15 is 0 Å². The average molecular weight is 266 g/mol. The molecule has 0 radical (unpaired) electrons. The van der Waals surface area contributed by atoms with E-state index in [9.17, 15) is 0 Å². The molecule has 1 aromatic rings. The van der Waals surface area contributed by atoms with Gasteiger partial charge in [-0.25, -0.2) is 0 Å². The summed E-state index contributed by atoms with van der Waals surface area (Å²) in [5.74, 6) is 0.899. The van der Waals surface area contributed by atoms with Gasteiger partial charge < -0.3 is 19.7 Å². The number of ether oxygens (including phenoxy) is 2. The van der Waals surface area contributed by atoms with Crippen LogP contribution in [0.25, 0.3) is 0 Å². The lowest BCUT2D eigenvalue weighted by Crippen LogP contribution is -2.42. The molecule has 0 saturated carbocycles. The zero-order chi connectivity index (χ0) is 14.1. The minimum Gasteiger partial charge on any atom is -0.497 e.